The van der Waals surface area contributed by atoms with Crippen molar-refractivity contribution in [3.05, 3.63) is 11.1 Å². The highest BCUT2D eigenvalue weighted by molar-refractivity contribution is 7.13. The molecular weight excluding hydrogens is 222 g/mol. The standard InChI is InChI=1S/C11H19N3OS/c1-5-12-6-9(15)14-10-13-8(7-16-10)11(2,3)4/h7,12H,5-6H2,1-4H3,(H,13,14,15). The van der Waals surface area contributed by atoms with Crippen molar-refractivity contribution >= 4 is 22.4 Å². The average molecular weight is 241 g/mol. The molecule has 1 aromatic heterocycles. The van der Waals surface area contributed by atoms with Gasteiger partial charge in [0.15, 0.2) is 5.13 Å². The van der Waals surface area contributed by atoms with Gasteiger partial charge in [0.2, 0.25) is 5.91 Å². The van der Waals surface area contributed by atoms with Crippen molar-refractivity contribution in [1.29, 1.82) is 0 Å². The molecule has 1 heterocycles. The highest BCUT2D eigenvalue weighted by Gasteiger charge is 2.17. The van der Waals surface area contributed by atoms with E-state index >= 15 is 0 Å². The number of amides is 1. The van der Waals surface area contributed by atoms with E-state index < -0.39 is 0 Å². The first-order valence-electron chi connectivity index (χ1n) is 5.40. The van der Waals surface area contributed by atoms with Gasteiger partial charge in [-0.25, -0.2) is 4.98 Å². The molecule has 1 aromatic rings. The fraction of sp³-hybridized carbons (Fsp3) is 0.636. The van der Waals surface area contributed by atoms with Crippen LogP contribution in [0.4, 0.5) is 5.13 Å². The molecule has 0 bridgehead atoms. The van der Waals surface area contributed by atoms with E-state index in [2.05, 4.69) is 36.4 Å². The second-order valence-corrected chi connectivity index (χ2v) is 5.47. The van der Waals surface area contributed by atoms with Crippen LogP contribution in [0, 0.1) is 0 Å². The Hall–Kier alpha value is -0.940. The SMILES string of the molecule is CCNCC(=O)Nc1nc(C(C)(C)C)cs1. The van der Waals surface area contributed by atoms with E-state index in [1.807, 2.05) is 12.3 Å². The normalized spacial score (nSPS) is 11.5. The van der Waals surface area contributed by atoms with Crippen LogP contribution < -0.4 is 10.6 Å². The Morgan fingerprint density at radius 3 is 2.69 bits per heavy atom. The second-order valence-electron chi connectivity index (χ2n) is 4.62. The van der Waals surface area contributed by atoms with Crippen LogP contribution in [0.1, 0.15) is 33.4 Å². The average Bonchev–Trinajstić information content (AvgIpc) is 2.62. The minimum Gasteiger partial charge on any atom is -0.309 e. The molecule has 0 saturated heterocycles. The summed E-state index contributed by atoms with van der Waals surface area (Å²) >= 11 is 1.47. The number of anilines is 1. The van der Waals surface area contributed by atoms with E-state index in [4.69, 9.17) is 0 Å². The Morgan fingerprint density at radius 2 is 2.19 bits per heavy atom. The monoisotopic (exact) mass is 241 g/mol. The Bertz CT molecular complexity index is 354. The maximum absolute atomic E-state index is 11.4. The summed E-state index contributed by atoms with van der Waals surface area (Å²) in [6.07, 6.45) is 0. The molecule has 0 aromatic carbocycles. The predicted octanol–water partition coefficient (Wildman–Crippen LogP) is 1.99. The van der Waals surface area contributed by atoms with Crippen LogP contribution in [0.5, 0.6) is 0 Å². The predicted molar refractivity (Wildman–Crippen MR) is 68.0 cm³/mol. The molecule has 0 aliphatic heterocycles. The first-order valence-corrected chi connectivity index (χ1v) is 6.28. The maximum Gasteiger partial charge on any atom is 0.240 e. The fourth-order valence-electron chi connectivity index (χ4n) is 1.08. The third kappa shape index (κ3) is 3.90. The fourth-order valence-corrected chi connectivity index (χ4v) is 2.03. The first kappa shape index (κ1) is 13.1. The number of carbonyl (C=O) groups is 1. The van der Waals surface area contributed by atoms with Gasteiger partial charge in [-0.05, 0) is 6.54 Å². The van der Waals surface area contributed by atoms with Crippen molar-refractivity contribution in [3.63, 3.8) is 0 Å². The molecule has 16 heavy (non-hydrogen) atoms. The Kier molecular flexibility index (Phi) is 4.44. The van der Waals surface area contributed by atoms with Crippen molar-refractivity contribution < 1.29 is 4.79 Å². The molecule has 2 N–H and O–H groups in total. The zero-order chi connectivity index (χ0) is 12.2. The van der Waals surface area contributed by atoms with Crippen LogP contribution in [0.25, 0.3) is 0 Å². The number of carbonyl (C=O) groups excluding carboxylic acids is 1. The molecule has 0 aliphatic rings. The summed E-state index contributed by atoms with van der Waals surface area (Å²) in [6, 6.07) is 0. The third-order valence-corrected chi connectivity index (χ3v) is 2.81. The van der Waals surface area contributed by atoms with E-state index in [0.29, 0.717) is 11.7 Å². The van der Waals surface area contributed by atoms with Gasteiger partial charge in [0.25, 0.3) is 0 Å². The van der Waals surface area contributed by atoms with E-state index in [0.717, 1.165) is 12.2 Å². The lowest BCUT2D eigenvalue weighted by Gasteiger charge is -2.14. The molecular formula is C11H19N3OS. The topological polar surface area (TPSA) is 54.0 Å². The first-order chi connectivity index (χ1) is 7.43. The van der Waals surface area contributed by atoms with Crippen LogP contribution in [0.2, 0.25) is 0 Å². The summed E-state index contributed by atoms with van der Waals surface area (Å²) in [7, 11) is 0. The molecule has 5 heteroatoms. The van der Waals surface area contributed by atoms with E-state index in [1.54, 1.807) is 0 Å². The molecule has 0 saturated carbocycles. The van der Waals surface area contributed by atoms with Gasteiger partial charge in [-0.3, -0.25) is 4.79 Å². The van der Waals surface area contributed by atoms with E-state index in [-0.39, 0.29) is 11.3 Å². The van der Waals surface area contributed by atoms with Gasteiger partial charge in [-0.15, -0.1) is 11.3 Å². The second kappa shape index (κ2) is 5.41. The molecule has 0 fully saturated rings. The summed E-state index contributed by atoms with van der Waals surface area (Å²) in [6.45, 7) is 9.40. The number of hydrogen-bond donors (Lipinski definition) is 2. The lowest BCUT2D eigenvalue weighted by molar-refractivity contribution is -0.115. The summed E-state index contributed by atoms with van der Waals surface area (Å²) < 4.78 is 0. The van der Waals surface area contributed by atoms with Gasteiger partial charge in [-0.2, -0.15) is 0 Å². The number of nitrogens with zero attached hydrogens (tertiary/aromatic N) is 1. The molecule has 4 nitrogen and oxygen atoms in total. The summed E-state index contributed by atoms with van der Waals surface area (Å²) in [4.78, 5) is 15.8. The number of aromatic nitrogens is 1. The lowest BCUT2D eigenvalue weighted by atomic mass is 9.93. The van der Waals surface area contributed by atoms with Crippen LogP contribution in [-0.4, -0.2) is 24.0 Å². The summed E-state index contributed by atoms with van der Waals surface area (Å²) in [5.74, 6) is -0.0448. The molecule has 0 aliphatic carbocycles. The van der Waals surface area contributed by atoms with Gasteiger partial charge >= 0.3 is 0 Å². The van der Waals surface area contributed by atoms with Crippen molar-refractivity contribution in [2.24, 2.45) is 0 Å². The summed E-state index contributed by atoms with van der Waals surface area (Å²) in [5.41, 5.74) is 1.04. The number of thiazole rings is 1. The highest BCUT2D eigenvalue weighted by Crippen LogP contribution is 2.26. The van der Waals surface area contributed by atoms with Gasteiger partial charge in [0.1, 0.15) is 0 Å². The highest BCUT2D eigenvalue weighted by atomic mass is 32.1. The van der Waals surface area contributed by atoms with Gasteiger partial charge < -0.3 is 10.6 Å². The molecule has 0 spiro atoms. The quantitative estimate of drug-likeness (QED) is 0.847. The number of likely N-dealkylation sites (N-methyl/N-ethyl adjacent to an activating group) is 1. The molecule has 90 valence electrons. The van der Waals surface area contributed by atoms with Crippen LogP contribution >= 0.6 is 11.3 Å². The lowest BCUT2D eigenvalue weighted by Crippen LogP contribution is -2.27. The number of rotatable bonds is 4. The summed E-state index contributed by atoms with van der Waals surface area (Å²) in [5, 5.41) is 8.41. The molecule has 1 amide bonds. The van der Waals surface area contributed by atoms with E-state index in [9.17, 15) is 4.79 Å². The number of nitrogens with one attached hydrogen (secondary N) is 2. The van der Waals surface area contributed by atoms with Crippen molar-refractivity contribution in [3.8, 4) is 0 Å². The number of hydrogen-bond acceptors (Lipinski definition) is 4. The molecule has 1 rings (SSSR count). The Morgan fingerprint density at radius 1 is 1.50 bits per heavy atom. The largest absolute Gasteiger partial charge is 0.309 e. The molecule has 0 atom stereocenters. The van der Waals surface area contributed by atoms with Gasteiger partial charge in [-0.1, -0.05) is 27.7 Å². The third-order valence-electron chi connectivity index (χ3n) is 2.05. The van der Waals surface area contributed by atoms with Crippen molar-refractivity contribution in [1.82, 2.24) is 10.3 Å². The minimum absolute atomic E-state index is 0.0289. The van der Waals surface area contributed by atoms with Crippen LogP contribution in [0.3, 0.4) is 0 Å². The molecule has 0 radical (unpaired) electrons. The zero-order valence-corrected chi connectivity index (χ0v) is 11.1. The minimum atomic E-state index is -0.0448. The smallest absolute Gasteiger partial charge is 0.240 e. The molecule has 0 unspecified atom stereocenters. The Labute approximate surface area is 100 Å². The zero-order valence-electron chi connectivity index (χ0n) is 10.3. The van der Waals surface area contributed by atoms with Gasteiger partial charge in [0, 0.05) is 10.8 Å². The maximum atomic E-state index is 11.4. The Balaban J connectivity index is 2.56. The van der Waals surface area contributed by atoms with E-state index in [1.165, 1.54) is 11.3 Å². The van der Waals surface area contributed by atoms with Crippen molar-refractivity contribution in [2.75, 3.05) is 18.4 Å². The van der Waals surface area contributed by atoms with Gasteiger partial charge in [0.05, 0.1) is 12.2 Å². The van der Waals surface area contributed by atoms with Crippen molar-refractivity contribution in [2.45, 2.75) is 33.1 Å². The van der Waals surface area contributed by atoms with Crippen LogP contribution in [0.15, 0.2) is 5.38 Å². The van der Waals surface area contributed by atoms with Crippen LogP contribution in [-0.2, 0) is 10.2 Å².